The van der Waals surface area contributed by atoms with E-state index in [9.17, 15) is 9.59 Å². The molecule has 0 unspecified atom stereocenters. The van der Waals surface area contributed by atoms with Gasteiger partial charge in [-0.3, -0.25) is 9.59 Å². The highest BCUT2D eigenvalue weighted by atomic mass is 16.5. The number of hydrogen-bond acceptors (Lipinski definition) is 5. The Bertz CT molecular complexity index is 1070. The van der Waals surface area contributed by atoms with Crippen LogP contribution in [-0.2, 0) is 13.1 Å². The van der Waals surface area contributed by atoms with Crippen LogP contribution in [0.15, 0.2) is 47.3 Å². The van der Waals surface area contributed by atoms with Crippen LogP contribution in [0, 0.1) is 0 Å². The van der Waals surface area contributed by atoms with Crippen LogP contribution < -0.4 is 20.3 Å². The maximum Gasteiger partial charge on any atom is 0.274 e. The number of methoxy groups -OCH3 is 2. The Hall–Kier alpha value is -3.35. The lowest BCUT2D eigenvalue weighted by Gasteiger charge is -2.12. The zero-order valence-electron chi connectivity index (χ0n) is 17.6. The fourth-order valence-electron chi connectivity index (χ4n) is 3.30. The Morgan fingerprint density at radius 2 is 1.70 bits per heavy atom. The van der Waals surface area contributed by atoms with Crippen LogP contribution in [0.4, 0.5) is 0 Å². The minimum Gasteiger partial charge on any atom is -0.497 e. The van der Waals surface area contributed by atoms with Crippen molar-refractivity contribution >= 4 is 16.7 Å². The van der Waals surface area contributed by atoms with E-state index in [1.54, 1.807) is 44.6 Å². The van der Waals surface area contributed by atoms with E-state index in [4.69, 9.17) is 9.47 Å². The van der Waals surface area contributed by atoms with Crippen LogP contribution in [0.25, 0.3) is 10.8 Å². The standard InChI is InChI=1S/C23H27N3O4/c1-4-5-8-11-26-23(28)20-10-7-6-9-19(20)21(25-26)22(27)24-15-16-12-17(29-2)14-18(13-16)30-3/h6-7,9-10,12-14H,4-5,8,11,15H2,1-3H3,(H,24,27). The summed E-state index contributed by atoms with van der Waals surface area (Å²) in [5.41, 5.74) is 0.910. The van der Waals surface area contributed by atoms with Gasteiger partial charge in [0.05, 0.1) is 19.6 Å². The maximum absolute atomic E-state index is 13.0. The van der Waals surface area contributed by atoms with Crippen LogP contribution >= 0.6 is 0 Å². The molecule has 7 heteroatoms. The van der Waals surface area contributed by atoms with Gasteiger partial charge in [-0.1, -0.05) is 38.0 Å². The molecule has 1 aromatic heterocycles. The first-order valence-corrected chi connectivity index (χ1v) is 10.1. The van der Waals surface area contributed by atoms with Crippen molar-refractivity contribution in [3.8, 4) is 11.5 Å². The molecular formula is C23H27N3O4. The molecule has 1 N–H and O–H groups in total. The van der Waals surface area contributed by atoms with Crippen molar-refractivity contribution < 1.29 is 14.3 Å². The normalized spacial score (nSPS) is 10.8. The lowest BCUT2D eigenvalue weighted by atomic mass is 10.1. The molecule has 0 aliphatic carbocycles. The largest absolute Gasteiger partial charge is 0.497 e. The van der Waals surface area contributed by atoms with E-state index in [1.807, 2.05) is 12.1 Å². The summed E-state index contributed by atoms with van der Waals surface area (Å²) in [6.07, 6.45) is 2.88. The number of nitrogens with one attached hydrogen (secondary N) is 1. The number of hydrogen-bond donors (Lipinski definition) is 1. The fourth-order valence-corrected chi connectivity index (χ4v) is 3.30. The number of aromatic nitrogens is 2. The lowest BCUT2D eigenvalue weighted by Crippen LogP contribution is -2.30. The topological polar surface area (TPSA) is 82.5 Å². The summed E-state index contributed by atoms with van der Waals surface area (Å²) in [7, 11) is 3.16. The molecule has 0 radical (unpaired) electrons. The quantitative estimate of drug-likeness (QED) is 0.547. The third kappa shape index (κ3) is 4.79. The Kier molecular flexibility index (Phi) is 7.06. The predicted molar refractivity (Wildman–Crippen MR) is 116 cm³/mol. The molecular weight excluding hydrogens is 382 g/mol. The van der Waals surface area contributed by atoms with Crippen LogP contribution in [0.1, 0.15) is 42.2 Å². The third-order valence-electron chi connectivity index (χ3n) is 4.92. The summed E-state index contributed by atoms with van der Waals surface area (Å²) < 4.78 is 12.0. The van der Waals surface area contributed by atoms with Crippen molar-refractivity contribution in [1.82, 2.24) is 15.1 Å². The molecule has 3 rings (SSSR count). The predicted octanol–water partition coefficient (Wildman–Crippen LogP) is 3.53. The maximum atomic E-state index is 13.0. The van der Waals surface area contributed by atoms with E-state index in [0.29, 0.717) is 28.8 Å². The summed E-state index contributed by atoms with van der Waals surface area (Å²) in [4.78, 5) is 25.7. The Labute approximate surface area is 175 Å². The van der Waals surface area contributed by atoms with Crippen LogP contribution in [0.5, 0.6) is 11.5 Å². The highest BCUT2D eigenvalue weighted by Crippen LogP contribution is 2.22. The number of ether oxygens (including phenoxy) is 2. The SMILES string of the molecule is CCCCCn1nc(C(=O)NCc2cc(OC)cc(OC)c2)c2ccccc2c1=O. The number of carbonyl (C=O) groups excluding carboxylic acids is 1. The number of aryl methyl sites for hydroxylation is 1. The summed E-state index contributed by atoms with van der Waals surface area (Å²) >= 11 is 0. The molecule has 3 aromatic rings. The molecule has 2 aromatic carbocycles. The minimum absolute atomic E-state index is 0.171. The molecule has 1 amide bonds. The van der Waals surface area contributed by atoms with Gasteiger partial charge in [0.2, 0.25) is 0 Å². The van der Waals surface area contributed by atoms with Gasteiger partial charge in [-0.2, -0.15) is 5.10 Å². The van der Waals surface area contributed by atoms with Gasteiger partial charge in [0.1, 0.15) is 11.5 Å². The summed E-state index contributed by atoms with van der Waals surface area (Å²) in [5.74, 6) is 0.954. The zero-order chi connectivity index (χ0) is 21.5. The summed E-state index contributed by atoms with van der Waals surface area (Å²) in [6.45, 7) is 2.87. The monoisotopic (exact) mass is 409 g/mol. The third-order valence-corrected chi connectivity index (χ3v) is 4.92. The number of nitrogens with zero attached hydrogens (tertiary/aromatic N) is 2. The molecule has 0 bridgehead atoms. The smallest absolute Gasteiger partial charge is 0.274 e. The first-order valence-electron chi connectivity index (χ1n) is 10.1. The van der Waals surface area contributed by atoms with E-state index in [1.165, 1.54) is 4.68 Å². The van der Waals surface area contributed by atoms with Gasteiger partial charge in [0, 0.05) is 24.5 Å². The van der Waals surface area contributed by atoms with Gasteiger partial charge in [0.15, 0.2) is 5.69 Å². The minimum atomic E-state index is -0.336. The number of amides is 1. The molecule has 158 valence electrons. The van der Waals surface area contributed by atoms with E-state index in [0.717, 1.165) is 24.8 Å². The molecule has 30 heavy (non-hydrogen) atoms. The first-order chi connectivity index (χ1) is 14.6. The van der Waals surface area contributed by atoms with Gasteiger partial charge in [-0.25, -0.2) is 4.68 Å². The average molecular weight is 409 g/mol. The molecule has 0 atom stereocenters. The molecule has 0 saturated heterocycles. The van der Waals surface area contributed by atoms with Crippen LogP contribution in [0.2, 0.25) is 0 Å². The van der Waals surface area contributed by atoms with E-state index < -0.39 is 0 Å². The Morgan fingerprint density at radius 3 is 2.33 bits per heavy atom. The number of fused-ring (bicyclic) bond motifs is 1. The molecule has 7 nitrogen and oxygen atoms in total. The van der Waals surface area contributed by atoms with Crippen molar-refractivity contribution in [1.29, 1.82) is 0 Å². The van der Waals surface area contributed by atoms with Gasteiger partial charge in [-0.15, -0.1) is 0 Å². The Balaban J connectivity index is 1.89. The van der Waals surface area contributed by atoms with Gasteiger partial charge >= 0.3 is 0 Å². The van der Waals surface area contributed by atoms with Gasteiger partial charge < -0.3 is 14.8 Å². The highest BCUT2D eigenvalue weighted by molar-refractivity contribution is 6.04. The Morgan fingerprint density at radius 1 is 1.03 bits per heavy atom. The van der Waals surface area contributed by atoms with Crippen LogP contribution in [0.3, 0.4) is 0 Å². The molecule has 1 heterocycles. The summed E-state index contributed by atoms with van der Waals surface area (Å²) in [5, 5.41) is 8.34. The molecule has 0 fully saturated rings. The molecule has 0 aliphatic rings. The van der Waals surface area contributed by atoms with E-state index >= 15 is 0 Å². The van der Waals surface area contributed by atoms with Crippen molar-refractivity contribution in [2.75, 3.05) is 14.2 Å². The average Bonchev–Trinajstić information content (AvgIpc) is 2.78. The van der Waals surface area contributed by atoms with E-state index in [2.05, 4.69) is 17.3 Å². The second-order valence-electron chi connectivity index (χ2n) is 7.03. The summed E-state index contributed by atoms with van der Waals surface area (Å²) in [6, 6.07) is 12.5. The molecule has 0 saturated carbocycles. The van der Waals surface area contributed by atoms with Crippen LogP contribution in [-0.4, -0.2) is 29.9 Å². The van der Waals surface area contributed by atoms with Crippen molar-refractivity contribution in [3.63, 3.8) is 0 Å². The molecule has 0 spiro atoms. The van der Waals surface area contributed by atoms with Gasteiger partial charge in [0.25, 0.3) is 11.5 Å². The van der Waals surface area contributed by atoms with Crippen molar-refractivity contribution in [3.05, 3.63) is 64.1 Å². The fraction of sp³-hybridized carbons (Fsp3) is 0.348. The second-order valence-corrected chi connectivity index (χ2v) is 7.03. The highest BCUT2D eigenvalue weighted by Gasteiger charge is 2.16. The second kappa shape index (κ2) is 9.91. The lowest BCUT2D eigenvalue weighted by molar-refractivity contribution is 0.0945. The number of rotatable bonds is 9. The van der Waals surface area contributed by atoms with Crippen molar-refractivity contribution in [2.45, 2.75) is 39.3 Å². The number of benzene rings is 2. The first kappa shape index (κ1) is 21.4. The van der Waals surface area contributed by atoms with Gasteiger partial charge in [-0.05, 0) is 30.2 Å². The van der Waals surface area contributed by atoms with E-state index in [-0.39, 0.29) is 23.7 Å². The van der Waals surface area contributed by atoms with Crippen molar-refractivity contribution in [2.24, 2.45) is 0 Å². The number of carbonyl (C=O) groups is 1. The number of unbranched alkanes of at least 4 members (excludes halogenated alkanes) is 2. The zero-order valence-corrected chi connectivity index (χ0v) is 17.6. The molecule has 0 aliphatic heterocycles.